The average Bonchev–Trinajstić information content (AvgIpc) is 2.27. The minimum atomic E-state index is -0.632. The molecule has 1 heterocycles. The monoisotopic (exact) mass is 299 g/mol. The molecule has 4 heteroatoms. The van der Waals surface area contributed by atoms with Crippen LogP contribution < -0.4 is 4.90 Å². The van der Waals surface area contributed by atoms with Crippen LogP contribution in [0.3, 0.4) is 0 Å². The van der Waals surface area contributed by atoms with Crippen molar-refractivity contribution in [1.82, 2.24) is 0 Å². The molecule has 0 saturated carbocycles. The van der Waals surface area contributed by atoms with E-state index in [2.05, 4.69) is 20.8 Å². The maximum absolute atomic E-state index is 10.1. The zero-order chi connectivity index (χ0) is 12.5. The lowest BCUT2D eigenvalue weighted by Crippen LogP contribution is -2.46. The van der Waals surface area contributed by atoms with Gasteiger partial charge in [0, 0.05) is 28.8 Å². The fourth-order valence-electron chi connectivity index (χ4n) is 2.39. The molecule has 1 aromatic carbocycles. The first-order valence-corrected chi connectivity index (χ1v) is 6.68. The van der Waals surface area contributed by atoms with Crippen molar-refractivity contribution in [2.45, 2.75) is 32.0 Å². The molecule has 0 aromatic heterocycles. The summed E-state index contributed by atoms with van der Waals surface area (Å²) in [5, 5.41) is 19.5. The van der Waals surface area contributed by atoms with Crippen LogP contribution in [0.2, 0.25) is 0 Å². The maximum atomic E-state index is 10.1. The third-order valence-electron chi connectivity index (χ3n) is 3.23. The molecule has 17 heavy (non-hydrogen) atoms. The largest absolute Gasteiger partial charge is 0.392 e. The van der Waals surface area contributed by atoms with E-state index in [9.17, 15) is 10.2 Å². The Kier molecular flexibility index (Phi) is 3.76. The van der Waals surface area contributed by atoms with E-state index in [1.807, 2.05) is 25.1 Å². The first kappa shape index (κ1) is 12.9. The van der Waals surface area contributed by atoms with Gasteiger partial charge in [0.25, 0.3) is 0 Å². The molecule has 1 aliphatic heterocycles. The van der Waals surface area contributed by atoms with Crippen LogP contribution in [-0.2, 0) is 6.61 Å². The Labute approximate surface area is 110 Å². The van der Waals surface area contributed by atoms with E-state index in [0.717, 1.165) is 35.1 Å². The van der Waals surface area contributed by atoms with Crippen molar-refractivity contribution >= 4 is 21.6 Å². The predicted molar refractivity (Wildman–Crippen MR) is 72.1 cm³/mol. The van der Waals surface area contributed by atoms with Gasteiger partial charge in [-0.25, -0.2) is 0 Å². The molecule has 1 fully saturated rings. The van der Waals surface area contributed by atoms with Crippen LogP contribution >= 0.6 is 15.9 Å². The van der Waals surface area contributed by atoms with Crippen LogP contribution in [0.1, 0.15) is 25.3 Å². The highest BCUT2D eigenvalue weighted by Gasteiger charge is 2.29. The molecule has 1 atom stereocenters. The lowest BCUT2D eigenvalue weighted by atomic mass is 9.94. The molecule has 1 saturated heterocycles. The number of rotatable bonds is 2. The molecule has 1 aromatic rings. The van der Waals surface area contributed by atoms with Gasteiger partial charge in [-0.1, -0.05) is 22.0 Å². The Morgan fingerprint density at radius 2 is 2.24 bits per heavy atom. The molecule has 0 bridgehead atoms. The van der Waals surface area contributed by atoms with Gasteiger partial charge in [0.05, 0.1) is 12.2 Å². The van der Waals surface area contributed by atoms with Crippen LogP contribution in [-0.4, -0.2) is 28.9 Å². The van der Waals surface area contributed by atoms with E-state index in [-0.39, 0.29) is 6.61 Å². The summed E-state index contributed by atoms with van der Waals surface area (Å²) in [5.74, 6) is 0. The van der Waals surface area contributed by atoms with Crippen LogP contribution in [0.15, 0.2) is 22.7 Å². The zero-order valence-electron chi connectivity index (χ0n) is 9.99. The second-order valence-electron chi connectivity index (χ2n) is 4.95. The molecule has 0 radical (unpaired) electrons. The van der Waals surface area contributed by atoms with Crippen molar-refractivity contribution in [3.63, 3.8) is 0 Å². The summed E-state index contributed by atoms with van der Waals surface area (Å²) in [5.41, 5.74) is 1.29. The van der Waals surface area contributed by atoms with Crippen molar-refractivity contribution < 1.29 is 10.2 Å². The number of hydrogen-bond donors (Lipinski definition) is 2. The molecule has 0 spiro atoms. The first-order chi connectivity index (χ1) is 8.02. The van der Waals surface area contributed by atoms with Gasteiger partial charge in [0.2, 0.25) is 0 Å². The molecule has 94 valence electrons. The summed E-state index contributed by atoms with van der Waals surface area (Å²) in [6.07, 6.45) is 1.82. The number of piperidine rings is 1. The Bertz CT molecular complexity index is 406. The van der Waals surface area contributed by atoms with Gasteiger partial charge in [-0.15, -0.1) is 0 Å². The van der Waals surface area contributed by atoms with Crippen molar-refractivity contribution in [2.24, 2.45) is 0 Å². The van der Waals surface area contributed by atoms with E-state index in [1.54, 1.807) is 0 Å². The van der Waals surface area contributed by atoms with E-state index < -0.39 is 5.60 Å². The lowest BCUT2D eigenvalue weighted by Gasteiger charge is -2.39. The molecule has 3 nitrogen and oxygen atoms in total. The van der Waals surface area contributed by atoms with Gasteiger partial charge in [0.15, 0.2) is 0 Å². The first-order valence-electron chi connectivity index (χ1n) is 5.88. The Balaban J connectivity index is 2.29. The quantitative estimate of drug-likeness (QED) is 0.881. The SMILES string of the molecule is CC1(O)CCCN(c2cc(Br)ccc2CO)C1. The molecule has 0 amide bonds. The minimum Gasteiger partial charge on any atom is -0.392 e. The van der Waals surface area contributed by atoms with Crippen molar-refractivity contribution in [1.29, 1.82) is 0 Å². The van der Waals surface area contributed by atoms with Crippen molar-refractivity contribution in [3.05, 3.63) is 28.2 Å². The molecule has 2 N–H and O–H groups in total. The summed E-state index contributed by atoms with van der Waals surface area (Å²) >= 11 is 3.45. The molecule has 1 unspecified atom stereocenters. The van der Waals surface area contributed by atoms with Crippen molar-refractivity contribution in [2.75, 3.05) is 18.0 Å². The number of aliphatic hydroxyl groups excluding tert-OH is 1. The predicted octanol–water partition coefficient (Wildman–Crippen LogP) is 2.29. The Morgan fingerprint density at radius 3 is 2.88 bits per heavy atom. The number of anilines is 1. The number of halogens is 1. The summed E-state index contributed by atoms with van der Waals surface area (Å²) in [6.45, 7) is 3.45. The fraction of sp³-hybridized carbons (Fsp3) is 0.538. The number of nitrogens with zero attached hydrogens (tertiary/aromatic N) is 1. The van der Waals surface area contributed by atoms with Gasteiger partial charge in [-0.3, -0.25) is 0 Å². The number of benzene rings is 1. The van der Waals surface area contributed by atoms with Crippen LogP contribution in [0.4, 0.5) is 5.69 Å². The zero-order valence-corrected chi connectivity index (χ0v) is 11.6. The smallest absolute Gasteiger partial charge is 0.0794 e. The summed E-state index contributed by atoms with van der Waals surface area (Å²) in [4.78, 5) is 2.15. The van der Waals surface area contributed by atoms with Crippen molar-refractivity contribution in [3.8, 4) is 0 Å². The summed E-state index contributed by atoms with van der Waals surface area (Å²) < 4.78 is 0.995. The second-order valence-corrected chi connectivity index (χ2v) is 5.87. The number of β-amino-alcohol motifs (C(OH)–C–C–N with tert-alkyl or cyclic N) is 1. The third kappa shape index (κ3) is 3.00. The summed E-state index contributed by atoms with van der Waals surface area (Å²) in [7, 11) is 0. The highest BCUT2D eigenvalue weighted by Crippen LogP contribution is 2.30. The van der Waals surface area contributed by atoms with Gasteiger partial charge in [0.1, 0.15) is 0 Å². The van der Waals surface area contributed by atoms with E-state index >= 15 is 0 Å². The maximum Gasteiger partial charge on any atom is 0.0794 e. The molecule has 0 aliphatic carbocycles. The Morgan fingerprint density at radius 1 is 1.47 bits per heavy atom. The highest BCUT2D eigenvalue weighted by atomic mass is 79.9. The molecule has 1 aliphatic rings. The number of hydrogen-bond acceptors (Lipinski definition) is 3. The summed E-state index contributed by atoms with van der Waals surface area (Å²) in [6, 6.07) is 5.85. The fourth-order valence-corrected chi connectivity index (χ4v) is 2.74. The van der Waals surface area contributed by atoms with Gasteiger partial charge < -0.3 is 15.1 Å². The van der Waals surface area contributed by atoms with E-state index in [4.69, 9.17) is 0 Å². The van der Waals surface area contributed by atoms with Gasteiger partial charge in [-0.05, 0) is 31.9 Å². The molecule has 2 rings (SSSR count). The Hall–Kier alpha value is -0.580. The average molecular weight is 300 g/mol. The van der Waals surface area contributed by atoms with Crippen LogP contribution in [0.25, 0.3) is 0 Å². The topological polar surface area (TPSA) is 43.7 Å². The third-order valence-corrected chi connectivity index (χ3v) is 3.73. The van der Waals surface area contributed by atoms with Crippen LogP contribution in [0, 0.1) is 0 Å². The number of aliphatic hydroxyl groups is 2. The minimum absolute atomic E-state index is 0.0290. The standard InChI is InChI=1S/C13H18BrNO2/c1-13(17)5-2-6-15(9-13)12-7-11(14)4-3-10(12)8-16/h3-4,7,16-17H,2,5-6,8-9H2,1H3. The molecular formula is C13H18BrNO2. The normalized spacial score (nSPS) is 25.1. The second kappa shape index (κ2) is 4.96. The van der Waals surface area contributed by atoms with E-state index in [1.165, 1.54) is 0 Å². The molecular weight excluding hydrogens is 282 g/mol. The van der Waals surface area contributed by atoms with E-state index in [0.29, 0.717) is 6.54 Å². The van der Waals surface area contributed by atoms with Crippen LogP contribution in [0.5, 0.6) is 0 Å². The van der Waals surface area contributed by atoms with Gasteiger partial charge in [-0.2, -0.15) is 0 Å². The highest BCUT2D eigenvalue weighted by molar-refractivity contribution is 9.10. The lowest BCUT2D eigenvalue weighted by molar-refractivity contribution is 0.0448. The van der Waals surface area contributed by atoms with Gasteiger partial charge >= 0.3 is 0 Å².